The van der Waals surface area contributed by atoms with Gasteiger partial charge in [-0.05, 0) is 37.6 Å². The van der Waals surface area contributed by atoms with Gasteiger partial charge in [0.15, 0.2) is 0 Å². The molecule has 0 aliphatic rings. The van der Waals surface area contributed by atoms with E-state index in [4.69, 9.17) is 11.6 Å². The molecule has 0 unspecified atom stereocenters. The van der Waals surface area contributed by atoms with Crippen LogP contribution in [0.5, 0.6) is 0 Å². The van der Waals surface area contributed by atoms with Crippen LogP contribution in [0.4, 0.5) is 11.4 Å². The van der Waals surface area contributed by atoms with Crippen molar-refractivity contribution < 1.29 is 13.3 Å². The third kappa shape index (κ3) is 3.83. The summed E-state index contributed by atoms with van der Waals surface area (Å²) < 4.78 is 27.1. The summed E-state index contributed by atoms with van der Waals surface area (Å²) in [7, 11) is -4.02. The number of aryl methyl sites for hydroxylation is 2. The van der Waals surface area contributed by atoms with Gasteiger partial charge < -0.3 is 0 Å². The Labute approximate surface area is 151 Å². The zero-order chi connectivity index (χ0) is 18.8. The molecule has 0 aromatic heterocycles. The molecule has 0 atom stereocenters. The van der Waals surface area contributed by atoms with E-state index in [0.29, 0.717) is 16.3 Å². The van der Waals surface area contributed by atoms with Crippen LogP contribution in [0.15, 0.2) is 53.9 Å². The summed E-state index contributed by atoms with van der Waals surface area (Å²) in [4.78, 5) is 10.3. The minimum Gasteiger partial charge on any atom is -0.262 e. The Morgan fingerprint density at radius 3 is 2.40 bits per heavy atom. The van der Waals surface area contributed by atoms with Crippen LogP contribution in [-0.4, -0.2) is 19.9 Å². The average molecular weight is 381 g/mol. The number of hydrogen-bond acceptors (Lipinski definition) is 4. The predicted octanol–water partition coefficient (Wildman–Crippen LogP) is 4.25. The summed E-state index contributed by atoms with van der Waals surface area (Å²) in [5.74, 6) is 0. The standard InChI is InChI=1S/C17H17ClN2O4S/c1-4-9-19(14-7-5-12(2)16(18)10-14)25(23,24)15-8-6-13(3)17(11-15)20(21)22/h4-8,10-11H,1,9H2,2-3H3. The van der Waals surface area contributed by atoms with E-state index >= 15 is 0 Å². The van der Waals surface area contributed by atoms with Crippen molar-refractivity contribution in [3.8, 4) is 0 Å². The van der Waals surface area contributed by atoms with Gasteiger partial charge in [-0.3, -0.25) is 14.4 Å². The maximum Gasteiger partial charge on any atom is 0.273 e. The first-order chi connectivity index (χ1) is 11.7. The largest absolute Gasteiger partial charge is 0.273 e. The second-order valence-corrected chi connectivity index (χ2v) is 7.73. The number of nitrogens with zero attached hydrogens (tertiary/aromatic N) is 2. The highest BCUT2D eigenvalue weighted by Crippen LogP contribution is 2.30. The van der Waals surface area contributed by atoms with E-state index in [9.17, 15) is 18.5 Å². The van der Waals surface area contributed by atoms with Gasteiger partial charge in [-0.2, -0.15) is 0 Å². The minimum absolute atomic E-state index is 0.00337. The molecule has 2 rings (SSSR count). The zero-order valence-corrected chi connectivity index (χ0v) is 15.3. The van der Waals surface area contributed by atoms with E-state index in [0.717, 1.165) is 15.9 Å². The summed E-state index contributed by atoms with van der Waals surface area (Å²) in [6, 6.07) is 8.71. The molecule has 0 heterocycles. The lowest BCUT2D eigenvalue weighted by molar-refractivity contribution is -0.385. The van der Waals surface area contributed by atoms with E-state index in [1.165, 1.54) is 18.2 Å². The van der Waals surface area contributed by atoms with E-state index < -0.39 is 14.9 Å². The van der Waals surface area contributed by atoms with E-state index in [1.54, 1.807) is 25.1 Å². The highest BCUT2D eigenvalue weighted by atomic mass is 35.5. The van der Waals surface area contributed by atoms with Crippen molar-refractivity contribution in [2.45, 2.75) is 18.7 Å². The van der Waals surface area contributed by atoms with Crippen molar-refractivity contribution >= 4 is 33.0 Å². The number of halogens is 1. The summed E-state index contributed by atoms with van der Waals surface area (Å²) in [6.45, 7) is 6.95. The monoisotopic (exact) mass is 380 g/mol. The third-order valence-corrected chi connectivity index (χ3v) is 5.90. The fourth-order valence-electron chi connectivity index (χ4n) is 2.27. The second kappa shape index (κ2) is 7.25. The molecule has 0 aliphatic carbocycles. The number of benzene rings is 2. The lowest BCUT2D eigenvalue weighted by Gasteiger charge is -2.23. The normalized spacial score (nSPS) is 11.2. The fourth-order valence-corrected chi connectivity index (χ4v) is 3.89. The Balaban J connectivity index is 2.60. The molecular weight excluding hydrogens is 364 g/mol. The first-order valence-corrected chi connectivity index (χ1v) is 9.15. The lowest BCUT2D eigenvalue weighted by atomic mass is 10.2. The van der Waals surface area contributed by atoms with E-state index in [1.807, 2.05) is 6.92 Å². The molecule has 0 fully saturated rings. The first kappa shape index (κ1) is 19.0. The molecule has 0 N–H and O–H groups in total. The van der Waals surface area contributed by atoms with Gasteiger partial charge in [-0.1, -0.05) is 29.8 Å². The number of rotatable bonds is 6. The van der Waals surface area contributed by atoms with Crippen LogP contribution in [0.3, 0.4) is 0 Å². The number of hydrogen-bond donors (Lipinski definition) is 0. The summed E-state index contributed by atoms with van der Waals surface area (Å²) in [5, 5.41) is 11.5. The molecule has 0 amide bonds. The van der Waals surface area contributed by atoms with Gasteiger partial charge in [0, 0.05) is 16.7 Å². The van der Waals surface area contributed by atoms with Crippen molar-refractivity contribution in [1.29, 1.82) is 0 Å². The molecule has 2 aromatic carbocycles. The highest BCUT2D eigenvalue weighted by Gasteiger charge is 2.27. The molecule has 0 radical (unpaired) electrons. The molecule has 0 saturated heterocycles. The average Bonchev–Trinajstić information content (AvgIpc) is 2.55. The van der Waals surface area contributed by atoms with Gasteiger partial charge in [-0.25, -0.2) is 8.42 Å². The van der Waals surface area contributed by atoms with Crippen LogP contribution in [0.2, 0.25) is 5.02 Å². The SMILES string of the molecule is C=CCN(c1ccc(C)c(Cl)c1)S(=O)(=O)c1ccc(C)c([N+](=O)[O-])c1. The molecule has 25 heavy (non-hydrogen) atoms. The molecule has 8 heteroatoms. The van der Waals surface area contributed by atoms with Crippen LogP contribution < -0.4 is 4.31 Å². The Bertz CT molecular complexity index is 942. The van der Waals surface area contributed by atoms with Crippen molar-refractivity contribution in [3.63, 3.8) is 0 Å². The van der Waals surface area contributed by atoms with Crippen molar-refractivity contribution in [2.24, 2.45) is 0 Å². The lowest BCUT2D eigenvalue weighted by Crippen LogP contribution is -2.31. The maximum absolute atomic E-state index is 13.0. The smallest absolute Gasteiger partial charge is 0.262 e. The van der Waals surface area contributed by atoms with E-state index in [2.05, 4.69) is 6.58 Å². The number of nitro groups is 1. The third-order valence-electron chi connectivity index (χ3n) is 3.70. The van der Waals surface area contributed by atoms with Gasteiger partial charge in [-0.15, -0.1) is 6.58 Å². The van der Waals surface area contributed by atoms with Gasteiger partial charge >= 0.3 is 0 Å². The summed E-state index contributed by atoms with van der Waals surface area (Å²) in [6.07, 6.45) is 1.44. The number of sulfonamides is 1. The summed E-state index contributed by atoms with van der Waals surface area (Å²) >= 11 is 6.11. The Morgan fingerprint density at radius 2 is 1.84 bits per heavy atom. The molecule has 6 nitrogen and oxygen atoms in total. The molecule has 0 aliphatic heterocycles. The van der Waals surface area contributed by atoms with Crippen molar-refractivity contribution in [1.82, 2.24) is 0 Å². The van der Waals surface area contributed by atoms with Crippen LogP contribution in [0, 0.1) is 24.0 Å². The molecule has 0 spiro atoms. The van der Waals surface area contributed by atoms with Gasteiger partial charge in [0.25, 0.3) is 15.7 Å². The van der Waals surface area contributed by atoms with Crippen LogP contribution >= 0.6 is 11.6 Å². The second-order valence-electron chi connectivity index (χ2n) is 5.46. The fraction of sp³-hybridized carbons (Fsp3) is 0.176. The summed E-state index contributed by atoms with van der Waals surface area (Å²) in [5.41, 5.74) is 1.31. The van der Waals surface area contributed by atoms with Gasteiger partial charge in [0.1, 0.15) is 0 Å². The van der Waals surface area contributed by atoms with Gasteiger partial charge in [0.2, 0.25) is 0 Å². The van der Waals surface area contributed by atoms with Gasteiger partial charge in [0.05, 0.1) is 22.1 Å². The zero-order valence-electron chi connectivity index (χ0n) is 13.8. The molecular formula is C17H17ClN2O4S. The Kier molecular flexibility index (Phi) is 5.49. The number of nitro benzene ring substituents is 1. The van der Waals surface area contributed by atoms with E-state index in [-0.39, 0.29) is 17.1 Å². The van der Waals surface area contributed by atoms with Crippen molar-refractivity contribution in [2.75, 3.05) is 10.8 Å². The van der Waals surface area contributed by atoms with Crippen LogP contribution in [0.25, 0.3) is 0 Å². The molecule has 0 saturated carbocycles. The van der Waals surface area contributed by atoms with Crippen LogP contribution in [0.1, 0.15) is 11.1 Å². The Morgan fingerprint density at radius 1 is 1.20 bits per heavy atom. The maximum atomic E-state index is 13.0. The van der Waals surface area contributed by atoms with Crippen molar-refractivity contribution in [3.05, 3.63) is 75.3 Å². The Hall–Kier alpha value is -2.38. The first-order valence-electron chi connectivity index (χ1n) is 7.33. The molecule has 132 valence electrons. The molecule has 2 aromatic rings. The minimum atomic E-state index is -4.02. The quantitative estimate of drug-likeness (QED) is 0.426. The number of anilines is 1. The molecule has 0 bridgehead atoms. The topological polar surface area (TPSA) is 80.5 Å². The van der Waals surface area contributed by atoms with Crippen LogP contribution in [-0.2, 0) is 10.0 Å². The predicted molar refractivity (Wildman–Crippen MR) is 98.8 cm³/mol. The highest BCUT2D eigenvalue weighted by molar-refractivity contribution is 7.92.